The number of nitrogens with zero attached hydrogens (tertiary/aromatic N) is 4. The average molecular weight is 396 g/mol. The fourth-order valence-electron chi connectivity index (χ4n) is 3.43. The van der Waals surface area contributed by atoms with E-state index in [9.17, 15) is 21.6 Å². The molecule has 4 rings (SSSR count). The van der Waals surface area contributed by atoms with E-state index in [4.69, 9.17) is 0 Å². The van der Waals surface area contributed by atoms with Gasteiger partial charge in [0.2, 0.25) is 10.0 Å². The van der Waals surface area contributed by atoms with Gasteiger partial charge in [-0.15, -0.1) is 10.2 Å². The quantitative estimate of drug-likeness (QED) is 0.682. The van der Waals surface area contributed by atoms with Crippen LogP contribution in [0.1, 0.15) is 30.3 Å². The van der Waals surface area contributed by atoms with Crippen LogP contribution >= 0.6 is 0 Å². The normalized spacial score (nSPS) is 19.0. The van der Waals surface area contributed by atoms with E-state index in [1.807, 2.05) is 0 Å². The number of aromatic nitrogens is 3. The zero-order valence-corrected chi connectivity index (χ0v) is 14.8. The van der Waals surface area contributed by atoms with Crippen molar-refractivity contribution in [2.45, 2.75) is 30.0 Å². The summed E-state index contributed by atoms with van der Waals surface area (Å²) in [6.07, 6.45) is -2.07. The highest BCUT2D eigenvalue weighted by Gasteiger charge is 2.43. The molecule has 3 heterocycles. The molecule has 3 aromatic rings. The van der Waals surface area contributed by atoms with E-state index in [2.05, 4.69) is 10.2 Å². The maximum Gasteiger partial charge on any atom is 0.417 e. The SMILES string of the molecule is O=S(=O)(c1ccccc1C(F)(F)F)N1CCCC1c1nnc2ccccn12. The van der Waals surface area contributed by atoms with Crippen LogP contribution in [0.5, 0.6) is 0 Å². The molecule has 1 fully saturated rings. The first-order chi connectivity index (χ1) is 12.8. The third-order valence-corrected chi connectivity index (χ3v) is 6.59. The molecule has 0 radical (unpaired) electrons. The highest BCUT2D eigenvalue weighted by Crippen LogP contribution is 2.40. The number of sulfonamides is 1. The summed E-state index contributed by atoms with van der Waals surface area (Å²) < 4.78 is 69.0. The van der Waals surface area contributed by atoms with Crippen molar-refractivity contribution in [1.29, 1.82) is 0 Å². The van der Waals surface area contributed by atoms with Crippen LogP contribution in [0.25, 0.3) is 5.65 Å². The summed E-state index contributed by atoms with van der Waals surface area (Å²) in [7, 11) is -4.36. The number of hydrogen-bond acceptors (Lipinski definition) is 4. The Kier molecular flexibility index (Phi) is 4.19. The van der Waals surface area contributed by atoms with Gasteiger partial charge >= 0.3 is 6.18 Å². The molecular formula is C17H15F3N4O2S. The van der Waals surface area contributed by atoms with Crippen LogP contribution < -0.4 is 0 Å². The van der Waals surface area contributed by atoms with Crippen molar-refractivity contribution >= 4 is 15.7 Å². The van der Waals surface area contributed by atoms with Gasteiger partial charge in [-0.25, -0.2) is 8.42 Å². The molecule has 6 nitrogen and oxygen atoms in total. The molecule has 10 heteroatoms. The Labute approximate surface area is 153 Å². The number of hydrogen-bond donors (Lipinski definition) is 0. The molecule has 0 bridgehead atoms. The molecule has 0 saturated carbocycles. The topological polar surface area (TPSA) is 67.6 Å². The zero-order valence-electron chi connectivity index (χ0n) is 14.0. The third kappa shape index (κ3) is 2.98. The van der Waals surface area contributed by atoms with Crippen molar-refractivity contribution < 1.29 is 21.6 Å². The van der Waals surface area contributed by atoms with E-state index in [0.29, 0.717) is 24.3 Å². The Balaban J connectivity index is 1.81. The van der Waals surface area contributed by atoms with Gasteiger partial charge < -0.3 is 0 Å². The van der Waals surface area contributed by atoms with Gasteiger partial charge in [-0.1, -0.05) is 18.2 Å². The second kappa shape index (κ2) is 6.31. The lowest BCUT2D eigenvalue weighted by Gasteiger charge is -2.24. The minimum atomic E-state index is -4.76. The van der Waals surface area contributed by atoms with Crippen molar-refractivity contribution in [3.8, 4) is 0 Å². The molecule has 142 valence electrons. The minimum absolute atomic E-state index is 0.126. The van der Waals surface area contributed by atoms with E-state index in [1.54, 1.807) is 28.8 Å². The number of pyridine rings is 1. The van der Waals surface area contributed by atoms with Gasteiger partial charge in [0.15, 0.2) is 11.5 Å². The molecule has 2 aromatic heterocycles. The van der Waals surface area contributed by atoms with E-state index in [1.165, 1.54) is 12.1 Å². The number of halogens is 3. The second-order valence-corrected chi connectivity index (χ2v) is 8.11. The number of alkyl halides is 3. The molecule has 0 aliphatic carbocycles. The summed E-state index contributed by atoms with van der Waals surface area (Å²) in [5.41, 5.74) is -0.616. The van der Waals surface area contributed by atoms with Gasteiger partial charge in [-0.3, -0.25) is 4.40 Å². The Morgan fingerprint density at radius 1 is 1.04 bits per heavy atom. The Hall–Kier alpha value is -2.46. The third-order valence-electron chi connectivity index (χ3n) is 4.62. The molecule has 1 aromatic carbocycles. The van der Waals surface area contributed by atoms with E-state index in [0.717, 1.165) is 16.4 Å². The smallest absolute Gasteiger partial charge is 0.285 e. The van der Waals surface area contributed by atoms with Gasteiger partial charge in [-0.2, -0.15) is 17.5 Å². The zero-order chi connectivity index (χ0) is 19.2. The lowest BCUT2D eigenvalue weighted by atomic mass is 10.2. The molecule has 27 heavy (non-hydrogen) atoms. The van der Waals surface area contributed by atoms with E-state index < -0.39 is 32.7 Å². The summed E-state index contributed by atoms with van der Waals surface area (Å²) in [5, 5.41) is 8.11. The fraction of sp³-hybridized carbons (Fsp3) is 0.294. The summed E-state index contributed by atoms with van der Waals surface area (Å²) in [6, 6.07) is 8.83. The van der Waals surface area contributed by atoms with Crippen LogP contribution in [0.3, 0.4) is 0 Å². The van der Waals surface area contributed by atoms with Gasteiger partial charge in [0.05, 0.1) is 16.5 Å². The van der Waals surface area contributed by atoms with Crippen LogP contribution in [-0.4, -0.2) is 33.9 Å². The van der Waals surface area contributed by atoms with Crippen molar-refractivity contribution in [3.05, 3.63) is 60.0 Å². The standard InChI is InChI=1S/C17H15F3N4O2S/c18-17(19,20)12-6-1-2-8-14(12)27(25,26)24-11-5-7-13(24)16-22-21-15-9-3-4-10-23(15)16/h1-4,6,8-10,13H,5,7,11H2. The number of fused-ring (bicyclic) bond motifs is 1. The van der Waals surface area contributed by atoms with Crippen molar-refractivity contribution in [1.82, 2.24) is 18.9 Å². The summed E-state index contributed by atoms with van der Waals surface area (Å²) in [4.78, 5) is -0.738. The van der Waals surface area contributed by atoms with Crippen molar-refractivity contribution in [3.63, 3.8) is 0 Å². The monoisotopic (exact) mass is 396 g/mol. The van der Waals surface area contributed by atoms with Crippen molar-refractivity contribution in [2.24, 2.45) is 0 Å². The lowest BCUT2D eigenvalue weighted by molar-refractivity contribution is -0.139. The molecule has 1 atom stereocenters. The highest BCUT2D eigenvalue weighted by molar-refractivity contribution is 7.89. The molecule has 1 saturated heterocycles. The first kappa shape index (κ1) is 17.9. The summed E-state index contributed by atoms with van der Waals surface area (Å²) in [6.45, 7) is 0.126. The lowest BCUT2D eigenvalue weighted by Crippen LogP contribution is -2.33. The van der Waals surface area contributed by atoms with Gasteiger partial charge in [0, 0.05) is 12.7 Å². The molecule has 1 aliphatic rings. The van der Waals surface area contributed by atoms with Crippen LogP contribution in [-0.2, 0) is 16.2 Å². The van der Waals surface area contributed by atoms with Gasteiger partial charge in [-0.05, 0) is 37.1 Å². The number of rotatable bonds is 3. The molecule has 1 unspecified atom stereocenters. The molecule has 0 N–H and O–H groups in total. The Morgan fingerprint density at radius 2 is 1.78 bits per heavy atom. The summed E-state index contributed by atoms with van der Waals surface area (Å²) in [5.74, 6) is 0.399. The van der Waals surface area contributed by atoms with Crippen LogP contribution in [0.15, 0.2) is 53.6 Å². The van der Waals surface area contributed by atoms with Gasteiger partial charge in [0.25, 0.3) is 0 Å². The largest absolute Gasteiger partial charge is 0.417 e. The summed E-state index contributed by atoms with van der Waals surface area (Å²) >= 11 is 0. The fourth-order valence-corrected chi connectivity index (χ4v) is 5.29. The van der Waals surface area contributed by atoms with Crippen LogP contribution in [0, 0.1) is 0 Å². The van der Waals surface area contributed by atoms with E-state index >= 15 is 0 Å². The van der Waals surface area contributed by atoms with Crippen LogP contribution in [0.4, 0.5) is 13.2 Å². The first-order valence-electron chi connectivity index (χ1n) is 8.28. The predicted octanol–water partition coefficient (Wildman–Crippen LogP) is 3.27. The second-order valence-electron chi connectivity index (χ2n) is 6.25. The van der Waals surface area contributed by atoms with Crippen LogP contribution in [0.2, 0.25) is 0 Å². The first-order valence-corrected chi connectivity index (χ1v) is 9.72. The maximum absolute atomic E-state index is 13.3. The maximum atomic E-state index is 13.3. The molecule has 0 amide bonds. The Bertz CT molecular complexity index is 1090. The van der Waals surface area contributed by atoms with Crippen molar-refractivity contribution in [2.75, 3.05) is 6.54 Å². The van der Waals surface area contributed by atoms with Gasteiger partial charge in [0.1, 0.15) is 0 Å². The predicted molar refractivity (Wildman–Crippen MR) is 90.3 cm³/mol. The molecule has 0 spiro atoms. The van der Waals surface area contributed by atoms with E-state index in [-0.39, 0.29) is 6.54 Å². The highest BCUT2D eigenvalue weighted by atomic mass is 32.2. The number of benzene rings is 1. The average Bonchev–Trinajstić information content (AvgIpc) is 3.28. The molecular weight excluding hydrogens is 381 g/mol. The molecule has 1 aliphatic heterocycles. The Morgan fingerprint density at radius 3 is 2.56 bits per heavy atom. The minimum Gasteiger partial charge on any atom is -0.285 e.